The van der Waals surface area contributed by atoms with E-state index in [0.717, 1.165) is 37.6 Å². The Morgan fingerprint density at radius 3 is 2.84 bits per heavy atom. The van der Waals surface area contributed by atoms with Gasteiger partial charge in [0.15, 0.2) is 0 Å². The minimum absolute atomic E-state index is 0.102. The summed E-state index contributed by atoms with van der Waals surface area (Å²) in [5.74, 6) is 1.05. The smallest absolute Gasteiger partial charge is 0.124 e. The number of aromatic nitrogens is 1. The van der Waals surface area contributed by atoms with E-state index in [0.29, 0.717) is 6.10 Å². The standard InChI is InChI=1S/C21H26N2O2/c1-4-10-20(25-19-8-2-3-9-19)18(6-1)15-23-12-13-24-21(16-23)17-7-5-11-22-14-17/h1,4-7,10-11,14,19,21H,2-3,8-9,12-13,15-16H2/t21-/m1/s1. The molecule has 4 heteroatoms. The molecule has 2 fully saturated rings. The van der Waals surface area contributed by atoms with Gasteiger partial charge in [-0.1, -0.05) is 24.3 Å². The van der Waals surface area contributed by atoms with Crippen LogP contribution in [0.15, 0.2) is 48.8 Å². The predicted octanol–water partition coefficient (Wildman–Crippen LogP) is 3.98. The van der Waals surface area contributed by atoms with Crippen molar-refractivity contribution < 1.29 is 9.47 Å². The minimum Gasteiger partial charge on any atom is -0.490 e. The predicted molar refractivity (Wildman–Crippen MR) is 97.5 cm³/mol. The van der Waals surface area contributed by atoms with Gasteiger partial charge in [0.2, 0.25) is 0 Å². The van der Waals surface area contributed by atoms with E-state index < -0.39 is 0 Å². The lowest BCUT2D eigenvalue weighted by Gasteiger charge is -2.33. The molecule has 2 aliphatic rings. The fourth-order valence-corrected chi connectivity index (χ4v) is 3.79. The van der Waals surface area contributed by atoms with Gasteiger partial charge in [-0.2, -0.15) is 0 Å². The highest BCUT2D eigenvalue weighted by Gasteiger charge is 2.23. The van der Waals surface area contributed by atoms with Gasteiger partial charge in [-0.05, 0) is 37.8 Å². The van der Waals surface area contributed by atoms with Crippen molar-refractivity contribution >= 4 is 0 Å². The third-order valence-electron chi connectivity index (χ3n) is 5.17. The number of benzene rings is 1. The lowest BCUT2D eigenvalue weighted by molar-refractivity contribution is -0.0333. The fourth-order valence-electron chi connectivity index (χ4n) is 3.79. The zero-order chi connectivity index (χ0) is 16.9. The van der Waals surface area contributed by atoms with Gasteiger partial charge in [0.25, 0.3) is 0 Å². The van der Waals surface area contributed by atoms with Crippen molar-refractivity contribution in [2.45, 2.75) is 44.4 Å². The molecule has 25 heavy (non-hydrogen) atoms. The number of ether oxygens (including phenoxy) is 2. The van der Waals surface area contributed by atoms with Crippen molar-refractivity contribution in [1.29, 1.82) is 0 Å². The maximum absolute atomic E-state index is 6.29. The van der Waals surface area contributed by atoms with Crippen molar-refractivity contribution in [2.24, 2.45) is 0 Å². The zero-order valence-corrected chi connectivity index (χ0v) is 14.6. The minimum atomic E-state index is 0.102. The van der Waals surface area contributed by atoms with Gasteiger partial charge in [-0.15, -0.1) is 0 Å². The lowest BCUT2D eigenvalue weighted by atomic mass is 10.1. The fraction of sp³-hybridized carbons (Fsp3) is 0.476. The van der Waals surface area contributed by atoms with Gasteiger partial charge in [-0.3, -0.25) is 9.88 Å². The Labute approximate surface area is 149 Å². The molecule has 2 aromatic rings. The van der Waals surface area contributed by atoms with E-state index in [4.69, 9.17) is 9.47 Å². The van der Waals surface area contributed by atoms with Crippen LogP contribution in [0.2, 0.25) is 0 Å². The van der Waals surface area contributed by atoms with E-state index in [2.05, 4.69) is 40.2 Å². The Hall–Kier alpha value is -1.91. The summed E-state index contributed by atoms with van der Waals surface area (Å²) in [4.78, 5) is 6.68. The van der Waals surface area contributed by atoms with Crippen LogP contribution in [0.25, 0.3) is 0 Å². The van der Waals surface area contributed by atoms with Crippen LogP contribution in [0.3, 0.4) is 0 Å². The molecule has 0 unspecified atom stereocenters. The van der Waals surface area contributed by atoms with E-state index >= 15 is 0 Å². The van der Waals surface area contributed by atoms with Crippen LogP contribution in [0.1, 0.15) is 42.9 Å². The molecule has 4 rings (SSSR count). The van der Waals surface area contributed by atoms with Crippen LogP contribution in [-0.4, -0.2) is 35.7 Å². The molecule has 2 heterocycles. The zero-order valence-electron chi connectivity index (χ0n) is 14.6. The summed E-state index contributed by atoms with van der Waals surface area (Å²) in [7, 11) is 0. The van der Waals surface area contributed by atoms with Gasteiger partial charge in [-0.25, -0.2) is 0 Å². The van der Waals surface area contributed by atoms with Crippen LogP contribution < -0.4 is 4.74 Å². The lowest BCUT2D eigenvalue weighted by Crippen LogP contribution is -2.38. The normalized spacial score (nSPS) is 22.2. The summed E-state index contributed by atoms with van der Waals surface area (Å²) in [6, 6.07) is 12.6. The third-order valence-corrected chi connectivity index (χ3v) is 5.17. The molecule has 1 aromatic heterocycles. The van der Waals surface area contributed by atoms with Gasteiger partial charge >= 0.3 is 0 Å². The second kappa shape index (κ2) is 7.98. The molecule has 1 atom stereocenters. The highest BCUT2D eigenvalue weighted by molar-refractivity contribution is 5.33. The van der Waals surface area contributed by atoms with Crippen LogP contribution in [0, 0.1) is 0 Å². The quantitative estimate of drug-likeness (QED) is 0.826. The molecule has 132 valence electrons. The molecule has 0 amide bonds. The monoisotopic (exact) mass is 338 g/mol. The van der Waals surface area contributed by atoms with Gasteiger partial charge in [0.1, 0.15) is 5.75 Å². The molecule has 1 aliphatic carbocycles. The average Bonchev–Trinajstić information content (AvgIpc) is 3.17. The van der Waals surface area contributed by atoms with Crippen LogP contribution >= 0.6 is 0 Å². The Kier molecular flexibility index (Phi) is 5.28. The van der Waals surface area contributed by atoms with Crippen molar-refractivity contribution in [3.8, 4) is 5.75 Å². The molecule has 0 spiro atoms. The molecule has 1 aliphatic heterocycles. The van der Waals surface area contributed by atoms with E-state index in [1.54, 1.807) is 6.20 Å². The first-order valence-corrected chi connectivity index (χ1v) is 9.37. The second-order valence-electron chi connectivity index (χ2n) is 7.01. The average molecular weight is 338 g/mol. The Balaban J connectivity index is 1.43. The second-order valence-corrected chi connectivity index (χ2v) is 7.01. The summed E-state index contributed by atoms with van der Waals surface area (Å²) in [6.45, 7) is 3.51. The number of pyridine rings is 1. The largest absolute Gasteiger partial charge is 0.490 e. The van der Waals surface area contributed by atoms with Crippen LogP contribution in [-0.2, 0) is 11.3 Å². The van der Waals surface area contributed by atoms with Crippen LogP contribution in [0.5, 0.6) is 5.75 Å². The van der Waals surface area contributed by atoms with Crippen molar-refractivity contribution in [1.82, 2.24) is 9.88 Å². The van der Waals surface area contributed by atoms with Gasteiger partial charge in [0.05, 0.1) is 18.8 Å². The third kappa shape index (κ3) is 4.20. The van der Waals surface area contributed by atoms with E-state index in [1.807, 2.05) is 12.3 Å². The molecule has 1 aromatic carbocycles. The molecular formula is C21H26N2O2. The summed E-state index contributed by atoms with van der Waals surface area (Å²) in [5.41, 5.74) is 2.43. The highest BCUT2D eigenvalue weighted by atomic mass is 16.5. The molecule has 0 radical (unpaired) electrons. The molecule has 0 bridgehead atoms. The number of nitrogens with zero attached hydrogens (tertiary/aromatic N) is 2. The Morgan fingerprint density at radius 1 is 1.12 bits per heavy atom. The first-order chi connectivity index (χ1) is 12.4. The number of morpholine rings is 1. The SMILES string of the molecule is c1cncc([C@H]2CN(Cc3ccccc3OC3CCCC3)CCO2)c1. The molecule has 1 saturated heterocycles. The first kappa shape index (κ1) is 16.6. The van der Waals surface area contributed by atoms with Crippen molar-refractivity contribution in [3.63, 3.8) is 0 Å². The van der Waals surface area contributed by atoms with E-state index in [-0.39, 0.29) is 6.10 Å². The van der Waals surface area contributed by atoms with Crippen molar-refractivity contribution in [3.05, 3.63) is 59.9 Å². The first-order valence-electron chi connectivity index (χ1n) is 9.37. The Bertz CT molecular complexity index is 671. The van der Waals surface area contributed by atoms with E-state index in [9.17, 15) is 0 Å². The summed E-state index contributed by atoms with van der Waals surface area (Å²) < 4.78 is 12.2. The molecule has 4 nitrogen and oxygen atoms in total. The molecule has 1 saturated carbocycles. The van der Waals surface area contributed by atoms with E-state index in [1.165, 1.54) is 31.2 Å². The summed E-state index contributed by atoms with van der Waals surface area (Å²) >= 11 is 0. The number of rotatable bonds is 5. The molecule has 0 N–H and O–H groups in total. The van der Waals surface area contributed by atoms with Gasteiger partial charge in [0, 0.05) is 43.2 Å². The number of para-hydroxylation sites is 1. The molecular weight excluding hydrogens is 312 g/mol. The van der Waals surface area contributed by atoms with Crippen molar-refractivity contribution in [2.75, 3.05) is 19.7 Å². The van der Waals surface area contributed by atoms with Crippen LogP contribution in [0.4, 0.5) is 0 Å². The topological polar surface area (TPSA) is 34.6 Å². The Morgan fingerprint density at radius 2 is 2.00 bits per heavy atom. The summed E-state index contributed by atoms with van der Waals surface area (Å²) in [5, 5.41) is 0. The highest BCUT2D eigenvalue weighted by Crippen LogP contribution is 2.29. The van der Waals surface area contributed by atoms with Gasteiger partial charge < -0.3 is 9.47 Å². The maximum Gasteiger partial charge on any atom is 0.124 e. The number of hydrogen-bond acceptors (Lipinski definition) is 4. The summed E-state index contributed by atoms with van der Waals surface area (Å²) in [6.07, 6.45) is 9.18. The maximum atomic E-state index is 6.29. The number of hydrogen-bond donors (Lipinski definition) is 0.